The first kappa shape index (κ1) is 14.0. The van der Waals surface area contributed by atoms with Crippen LogP contribution in [-0.4, -0.2) is 17.3 Å². The highest BCUT2D eigenvalue weighted by Gasteiger charge is 2.12. The summed E-state index contributed by atoms with van der Waals surface area (Å²) in [6, 6.07) is 7.94. The molecular weight excluding hydrogens is 214 g/mol. The molecule has 17 heavy (non-hydrogen) atoms. The summed E-state index contributed by atoms with van der Waals surface area (Å²) >= 11 is 0. The average molecular weight is 237 g/mol. The lowest BCUT2D eigenvalue weighted by molar-refractivity contribution is 0.0553. The Labute approximate surface area is 104 Å². The molecule has 0 spiro atoms. The van der Waals surface area contributed by atoms with E-state index < -0.39 is 5.60 Å². The monoisotopic (exact) mass is 237 g/mol. The first-order valence-electron chi connectivity index (χ1n) is 6.13. The molecule has 0 bridgehead atoms. The molecule has 0 fully saturated rings. The van der Waals surface area contributed by atoms with Crippen molar-refractivity contribution >= 4 is 0 Å². The van der Waals surface area contributed by atoms with Crippen molar-refractivity contribution in [3.8, 4) is 5.75 Å². The molecule has 0 heterocycles. The summed E-state index contributed by atoms with van der Waals surface area (Å²) in [5.41, 5.74) is 6.38. The molecule has 0 aromatic heterocycles. The standard InChI is InChI=1S/C14H23NO2/c1-4-13(15)11-5-7-12(8-6-11)17-10-9-14(2,3)16/h5-8,13,16H,4,9-10,15H2,1-3H3/t13-/m0/s1. The second kappa shape index (κ2) is 6.03. The van der Waals surface area contributed by atoms with E-state index in [4.69, 9.17) is 10.5 Å². The molecule has 0 radical (unpaired) electrons. The lowest BCUT2D eigenvalue weighted by atomic mass is 10.1. The van der Waals surface area contributed by atoms with Crippen molar-refractivity contribution in [3.63, 3.8) is 0 Å². The fraction of sp³-hybridized carbons (Fsp3) is 0.571. The van der Waals surface area contributed by atoms with Gasteiger partial charge in [0.05, 0.1) is 12.2 Å². The number of hydrogen-bond acceptors (Lipinski definition) is 3. The van der Waals surface area contributed by atoms with Crippen LogP contribution < -0.4 is 10.5 Å². The van der Waals surface area contributed by atoms with Crippen LogP contribution in [0.15, 0.2) is 24.3 Å². The van der Waals surface area contributed by atoms with Crippen molar-refractivity contribution in [1.29, 1.82) is 0 Å². The summed E-state index contributed by atoms with van der Waals surface area (Å²) in [4.78, 5) is 0. The molecule has 1 aromatic rings. The molecule has 3 nitrogen and oxygen atoms in total. The summed E-state index contributed by atoms with van der Waals surface area (Å²) in [6.07, 6.45) is 1.54. The zero-order valence-corrected chi connectivity index (χ0v) is 10.9. The van der Waals surface area contributed by atoms with Gasteiger partial charge in [-0.1, -0.05) is 19.1 Å². The number of hydrogen-bond donors (Lipinski definition) is 2. The Kier molecular flexibility index (Phi) is 4.97. The minimum atomic E-state index is -0.676. The Bertz CT molecular complexity index is 327. The lowest BCUT2D eigenvalue weighted by Gasteiger charge is -2.17. The first-order chi connectivity index (χ1) is 7.92. The molecular formula is C14H23NO2. The van der Waals surface area contributed by atoms with Crippen LogP contribution in [0.4, 0.5) is 0 Å². The van der Waals surface area contributed by atoms with E-state index in [1.165, 1.54) is 0 Å². The van der Waals surface area contributed by atoms with Gasteiger partial charge in [-0.2, -0.15) is 0 Å². The number of ether oxygens (including phenoxy) is 1. The van der Waals surface area contributed by atoms with E-state index in [1.807, 2.05) is 24.3 Å². The van der Waals surface area contributed by atoms with E-state index in [0.717, 1.165) is 17.7 Å². The van der Waals surface area contributed by atoms with Gasteiger partial charge >= 0.3 is 0 Å². The summed E-state index contributed by atoms with van der Waals surface area (Å²) in [5.74, 6) is 0.821. The predicted octanol–water partition coefficient (Wildman–Crippen LogP) is 2.64. The lowest BCUT2D eigenvalue weighted by Crippen LogP contribution is -2.21. The Morgan fingerprint density at radius 2 is 1.88 bits per heavy atom. The number of rotatable bonds is 6. The SMILES string of the molecule is CC[C@H](N)c1ccc(OCCC(C)(C)O)cc1. The summed E-state index contributed by atoms with van der Waals surface area (Å²) in [7, 11) is 0. The Morgan fingerprint density at radius 3 is 2.35 bits per heavy atom. The highest BCUT2D eigenvalue weighted by molar-refractivity contribution is 5.28. The molecule has 1 aromatic carbocycles. The van der Waals surface area contributed by atoms with Gasteiger partial charge in [0.2, 0.25) is 0 Å². The fourth-order valence-corrected chi connectivity index (χ4v) is 1.47. The molecule has 0 aliphatic rings. The van der Waals surface area contributed by atoms with Crippen molar-refractivity contribution in [1.82, 2.24) is 0 Å². The summed E-state index contributed by atoms with van der Waals surface area (Å²) in [5, 5.41) is 9.55. The highest BCUT2D eigenvalue weighted by Crippen LogP contribution is 2.19. The minimum absolute atomic E-state index is 0.0976. The molecule has 96 valence electrons. The van der Waals surface area contributed by atoms with Gasteiger partial charge in [-0.05, 0) is 38.0 Å². The first-order valence-corrected chi connectivity index (χ1v) is 6.13. The third-order valence-corrected chi connectivity index (χ3v) is 2.73. The number of benzene rings is 1. The van der Waals surface area contributed by atoms with Crippen LogP contribution in [0.25, 0.3) is 0 Å². The van der Waals surface area contributed by atoms with E-state index in [1.54, 1.807) is 13.8 Å². The van der Waals surface area contributed by atoms with Crippen molar-refractivity contribution < 1.29 is 9.84 Å². The smallest absolute Gasteiger partial charge is 0.119 e. The van der Waals surface area contributed by atoms with E-state index in [2.05, 4.69) is 6.92 Å². The van der Waals surface area contributed by atoms with Crippen LogP contribution in [0.1, 0.15) is 45.2 Å². The third-order valence-electron chi connectivity index (χ3n) is 2.73. The minimum Gasteiger partial charge on any atom is -0.493 e. The second-order valence-corrected chi connectivity index (χ2v) is 4.99. The maximum Gasteiger partial charge on any atom is 0.119 e. The van der Waals surface area contributed by atoms with Crippen LogP contribution in [0.5, 0.6) is 5.75 Å². The van der Waals surface area contributed by atoms with E-state index in [0.29, 0.717) is 13.0 Å². The molecule has 1 rings (SSSR count). The maximum atomic E-state index is 9.55. The zero-order valence-electron chi connectivity index (χ0n) is 10.9. The van der Waals surface area contributed by atoms with Crippen LogP contribution in [-0.2, 0) is 0 Å². The topological polar surface area (TPSA) is 55.5 Å². The summed E-state index contributed by atoms with van der Waals surface area (Å²) < 4.78 is 5.55. The predicted molar refractivity (Wildman–Crippen MR) is 70.1 cm³/mol. The van der Waals surface area contributed by atoms with Gasteiger partial charge in [-0.15, -0.1) is 0 Å². The molecule has 0 saturated carbocycles. The molecule has 0 aliphatic carbocycles. The van der Waals surface area contributed by atoms with Gasteiger partial charge in [0.25, 0.3) is 0 Å². The van der Waals surface area contributed by atoms with Crippen molar-refractivity contribution in [2.45, 2.75) is 45.3 Å². The van der Waals surface area contributed by atoms with Crippen molar-refractivity contribution in [2.75, 3.05) is 6.61 Å². The molecule has 0 saturated heterocycles. The highest BCUT2D eigenvalue weighted by atomic mass is 16.5. The normalized spacial score (nSPS) is 13.5. The van der Waals surface area contributed by atoms with Crippen molar-refractivity contribution in [3.05, 3.63) is 29.8 Å². The molecule has 0 aliphatic heterocycles. The molecule has 0 amide bonds. The second-order valence-electron chi connectivity index (χ2n) is 4.99. The quantitative estimate of drug-likeness (QED) is 0.799. The Morgan fingerprint density at radius 1 is 1.29 bits per heavy atom. The number of nitrogens with two attached hydrogens (primary N) is 1. The van der Waals surface area contributed by atoms with Crippen molar-refractivity contribution in [2.24, 2.45) is 5.73 Å². The fourth-order valence-electron chi connectivity index (χ4n) is 1.47. The van der Waals surface area contributed by atoms with Crippen LogP contribution in [0.2, 0.25) is 0 Å². The average Bonchev–Trinajstić information content (AvgIpc) is 2.27. The van der Waals surface area contributed by atoms with Crippen LogP contribution >= 0.6 is 0 Å². The van der Waals surface area contributed by atoms with E-state index >= 15 is 0 Å². The molecule has 0 unspecified atom stereocenters. The van der Waals surface area contributed by atoms with Gasteiger partial charge in [0.1, 0.15) is 5.75 Å². The molecule has 1 atom stereocenters. The third kappa shape index (κ3) is 5.20. The van der Waals surface area contributed by atoms with Crippen LogP contribution in [0, 0.1) is 0 Å². The van der Waals surface area contributed by atoms with Gasteiger partial charge in [-0.25, -0.2) is 0 Å². The maximum absolute atomic E-state index is 9.55. The van der Waals surface area contributed by atoms with Crippen LogP contribution in [0.3, 0.4) is 0 Å². The largest absolute Gasteiger partial charge is 0.493 e. The Hall–Kier alpha value is -1.06. The van der Waals surface area contributed by atoms with Gasteiger partial charge in [0, 0.05) is 12.5 Å². The zero-order chi connectivity index (χ0) is 12.9. The number of aliphatic hydroxyl groups is 1. The molecule has 3 heteroatoms. The molecule has 3 N–H and O–H groups in total. The Balaban J connectivity index is 2.46. The summed E-state index contributed by atoms with van der Waals surface area (Å²) in [6.45, 7) is 6.14. The van der Waals surface area contributed by atoms with E-state index in [9.17, 15) is 5.11 Å². The van der Waals surface area contributed by atoms with Gasteiger partial charge in [-0.3, -0.25) is 0 Å². The van der Waals surface area contributed by atoms with Gasteiger partial charge < -0.3 is 15.6 Å². The van der Waals surface area contributed by atoms with Gasteiger partial charge in [0.15, 0.2) is 0 Å². The van der Waals surface area contributed by atoms with E-state index in [-0.39, 0.29) is 6.04 Å².